The molecule has 1 fully saturated rings. The van der Waals surface area contributed by atoms with Crippen LogP contribution in [0.5, 0.6) is 0 Å². The maximum absolute atomic E-state index is 12.2. The molecule has 1 aliphatic rings. The summed E-state index contributed by atoms with van der Waals surface area (Å²) in [5, 5.41) is 14.7. The van der Waals surface area contributed by atoms with Crippen LogP contribution in [0.3, 0.4) is 0 Å². The van der Waals surface area contributed by atoms with Gasteiger partial charge in [0, 0.05) is 31.2 Å². The van der Waals surface area contributed by atoms with Crippen LogP contribution in [0.4, 0.5) is 0 Å². The molecule has 5 heteroatoms. The van der Waals surface area contributed by atoms with Crippen LogP contribution in [0.15, 0.2) is 36.5 Å². The van der Waals surface area contributed by atoms with Crippen LogP contribution in [0, 0.1) is 0 Å². The molecular formula is C15H16N2O3. The number of fused-ring (bicyclic) bond motifs is 1. The van der Waals surface area contributed by atoms with E-state index in [0.29, 0.717) is 18.7 Å². The molecule has 2 N–H and O–H groups in total. The van der Waals surface area contributed by atoms with Crippen molar-refractivity contribution in [3.63, 3.8) is 0 Å². The largest absolute Gasteiger partial charge is 0.386 e. The van der Waals surface area contributed by atoms with Crippen molar-refractivity contribution < 1.29 is 14.6 Å². The number of rotatable bonds is 3. The van der Waals surface area contributed by atoms with Crippen molar-refractivity contribution in [1.29, 1.82) is 0 Å². The highest BCUT2D eigenvalue weighted by atomic mass is 16.5. The van der Waals surface area contributed by atoms with Crippen molar-refractivity contribution in [2.24, 2.45) is 0 Å². The van der Waals surface area contributed by atoms with Crippen molar-refractivity contribution in [2.45, 2.75) is 12.0 Å². The van der Waals surface area contributed by atoms with Gasteiger partial charge in [-0.25, -0.2) is 0 Å². The fourth-order valence-electron chi connectivity index (χ4n) is 2.37. The lowest BCUT2D eigenvalue weighted by Gasteiger charge is -2.20. The van der Waals surface area contributed by atoms with Crippen LogP contribution in [0.2, 0.25) is 0 Å². The third-order valence-corrected chi connectivity index (χ3v) is 3.55. The molecule has 0 bridgehead atoms. The van der Waals surface area contributed by atoms with Gasteiger partial charge >= 0.3 is 0 Å². The number of aliphatic hydroxyl groups is 1. The summed E-state index contributed by atoms with van der Waals surface area (Å²) in [6, 6.07) is 9.46. The molecular weight excluding hydrogens is 256 g/mol. The lowest BCUT2D eigenvalue weighted by Crippen LogP contribution is -2.43. The van der Waals surface area contributed by atoms with E-state index >= 15 is 0 Å². The van der Waals surface area contributed by atoms with Crippen LogP contribution < -0.4 is 5.32 Å². The van der Waals surface area contributed by atoms with E-state index in [1.165, 1.54) is 0 Å². The Morgan fingerprint density at radius 2 is 2.25 bits per heavy atom. The minimum Gasteiger partial charge on any atom is -0.386 e. The van der Waals surface area contributed by atoms with Crippen molar-refractivity contribution in [3.05, 3.63) is 42.2 Å². The minimum atomic E-state index is -0.958. The van der Waals surface area contributed by atoms with E-state index in [2.05, 4.69) is 10.3 Å². The summed E-state index contributed by atoms with van der Waals surface area (Å²) in [5.74, 6) is -0.276. The number of carbonyl (C=O) groups excluding carboxylic acids is 1. The molecule has 1 saturated heterocycles. The van der Waals surface area contributed by atoms with E-state index in [9.17, 15) is 9.90 Å². The van der Waals surface area contributed by atoms with Gasteiger partial charge in [-0.3, -0.25) is 9.78 Å². The SMILES string of the molecule is O=C(NCC1(O)CCOC1)c1nccc2ccccc12. The van der Waals surface area contributed by atoms with E-state index in [1.54, 1.807) is 6.20 Å². The number of nitrogens with one attached hydrogen (secondary N) is 1. The van der Waals surface area contributed by atoms with Gasteiger partial charge in [0.25, 0.3) is 5.91 Å². The van der Waals surface area contributed by atoms with E-state index in [-0.39, 0.29) is 19.1 Å². The second kappa shape index (κ2) is 5.19. The van der Waals surface area contributed by atoms with Gasteiger partial charge in [0.15, 0.2) is 0 Å². The topological polar surface area (TPSA) is 71.5 Å². The summed E-state index contributed by atoms with van der Waals surface area (Å²) >= 11 is 0. The lowest BCUT2D eigenvalue weighted by atomic mass is 10.0. The summed E-state index contributed by atoms with van der Waals surface area (Å²) in [6.45, 7) is 0.964. The summed E-state index contributed by atoms with van der Waals surface area (Å²) < 4.78 is 5.15. The average Bonchev–Trinajstić information content (AvgIpc) is 2.91. The first-order valence-electron chi connectivity index (χ1n) is 6.60. The Labute approximate surface area is 116 Å². The molecule has 20 heavy (non-hydrogen) atoms. The van der Waals surface area contributed by atoms with Gasteiger partial charge in [0.2, 0.25) is 0 Å². The number of aromatic nitrogens is 1. The predicted octanol–water partition coefficient (Wildman–Crippen LogP) is 1.12. The Morgan fingerprint density at radius 1 is 1.40 bits per heavy atom. The first-order valence-corrected chi connectivity index (χ1v) is 6.60. The van der Waals surface area contributed by atoms with Gasteiger partial charge in [0.1, 0.15) is 11.3 Å². The highest BCUT2D eigenvalue weighted by Gasteiger charge is 2.32. The second-order valence-electron chi connectivity index (χ2n) is 5.09. The summed E-state index contributed by atoms with van der Waals surface area (Å²) in [7, 11) is 0. The minimum absolute atomic E-state index is 0.177. The van der Waals surface area contributed by atoms with Crippen molar-refractivity contribution in [1.82, 2.24) is 10.3 Å². The predicted molar refractivity (Wildman–Crippen MR) is 74.5 cm³/mol. The van der Waals surface area contributed by atoms with Crippen molar-refractivity contribution >= 4 is 16.7 Å². The highest BCUT2D eigenvalue weighted by molar-refractivity contribution is 6.05. The van der Waals surface area contributed by atoms with E-state index in [1.807, 2.05) is 30.3 Å². The molecule has 1 aromatic heterocycles. The summed E-state index contributed by atoms with van der Waals surface area (Å²) in [6.07, 6.45) is 2.15. The highest BCUT2D eigenvalue weighted by Crippen LogP contribution is 2.18. The normalized spacial score (nSPS) is 22.1. The third-order valence-electron chi connectivity index (χ3n) is 3.55. The Balaban J connectivity index is 1.79. The molecule has 0 radical (unpaired) electrons. The van der Waals surface area contributed by atoms with Gasteiger partial charge in [-0.05, 0) is 11.5 Å². The molecule has 2 heterocycles. The first-order chi connectivity index (χ1) is 9.68. The number of hydrogen-bond donors (Lipinski definition) is 2. The third kappa shape index (κ3) is 2.50. The van der Waals surface area contributed by atoms with E-state index in [4.69, 9.17) is 4.74 Å². The van der Waals surface area contributed by atoms with Crippen molar-refractivity contribution in [2.75, 3.05) is 19.8 Å². The molecule has 3 rings (SSSR count). The molecule has 2 aromatic rings. The molecule has 1 atom stereocenters. The molecule has 0 saturated carbocycles. The molecule has 104 valence electrons. The quantitative estimate of drug-likeness (QED) is 0.878. The molecule has 1 amide bonds. The number of amides is 1. The summed E-state index contributed by atoms with van der Waals surface area (Å²) in [4.78, 5) is 16.4. The van der Waals surface area contributed by atoms with Crippen LogP contribution in [-0.4, -0.2) is 41.4 Å². The van der Waals surface area contributed by atoms with E-state index in [0.717, 1.165) is 10.8 Å². The Morgan fingerprint density at radius 3 is 3.05 bits per heavy atom. The van der Waals surface area contributed by atoms with Gasteiger partial charge in [-0.1, -0.05) is 24.3 Å². The van der Waals surface area contributed by atoms with Gasteiger partial charge in [0.05, 0.1) is 6.61 Å². The molecule has 0 spiro atoms. The Hall–Kier alpha value is -1.98. The smallest absolute Gasteiger partial charge is 0.270 e. The molecule has 1 aliphatic heterocycles. The molecule has 5 nitrogen and oxygen atoms in total. The zero-order chi connectivity index (χ0) is 14.0. The molecule has 1 unspecified atom stereocenters. The Bertz CT molecular complexity index is 631. The van der Waals surface area contributed by atoms with Crippen LogP contribution >= 0.6 is 0 Å². The Kier molecular flexibility index (Phi) is 3.38. The number of carbonyl (C=O) groups is 1. The first kappa shape index (κ1) is 13.0. The van der Waals surface area contributed by atoms with Crippen molar-refractivity contribution in [3.8, 4) is 0 Å². The molecule has 1 aromatic carbocycles. The standard InChI is InChI=1S/C15H16N2O3/c18-14(17-9-15(19)6-8-20-10-15)13-12-4-2-1-3-11(12)5-7-16-13/h1-5,7,19H,6,8-10H2,(H,17,18). The number of benzene rings is 1. The second-order valence-corrected chi connectivity index (χ2v) is 5.09. The maximum atomic E-state index is 12.2. The maximum Gasteiger partial charge on any atom is 0.270 e. The van der Waals surface area contributed by atoms with Gasteiger partial charge in [-0.2, -0.15) is 0 Å². The molecule has 0 aliphatic carbocycles. The van der Waals surface area contributed by atoms with Crippen LogP contribution in [0.1, 0.15) is 16.9 Å². The van der Waals surface area contributed by atoms with E-state index < -0.39 is 5.60 Å². The zero-order valence-electron chi connectivity index (χ0n) is 11.0. The zero-order valence-corrected chi connectivity index (χ0v) is 11.0. The van der Waals surface area contributed by atoms with Crippen LogP contribution in [-0.2, 0) is 4.74 Å². The lowest BCUT2D eigenvalue weighted by molar-refractivity contribution is 0.0264. The number of hydrogen-bond acceptors (Lipinski definition) is 4. The van der Waals surface area contributed by atoms with Crippen LogP contribution in [0.25, 0.3) is 10.8 Å². The number of ether oxygens (including phenoxy) is 1. The summed E-state index contributed by atoms with van der Waals surface area (Å²) in [5.41, 5.74) is -0.578. The number of nitrogens with zero attached hydrogens (tertiary/aromatic N) is 1. The van der Waals surface area contributed by atoms with Gasteiger partial charge < -0.3 is 15.2 Å². The number of pyridine rings is 1. The monoisotopic (exact) mass is 272 g/mol. The fourth-order valence-corrected chi connectivity index (χ4v) is 2.37. The fraction of sp³-hybridized carbons (Fsp3) is 0.333. The average molecular weight is 272 g/mol. The van der Waals surface area contributed by atoms with Gasteiger partial charge in [-0.15, -0.1) is 0 Å².